The first kappa shape index (κ1) is 25.0. The van der Waals surface area contributed by atoms with Crippen LogP contribution in [-0.2, 0) is 10.2 Å². The molecule has 0 radical (unpaired) electrons. The van der Waals surface area contributed by atoms with E-state index in [2.05, 4.69) is 77.9 Å². The number of hydrogen-bond donors (Lipinski definition) is 0. The minimum absolute atomic E-state index is 0.0928. The molecule has 0 saturated heterocycles. The van der Waals surface area contributed by atoms with E-state index in [4.69, 9.17) is 9.47 Å². The second-order valence-electron chi connectivity index (χ2n) is 10.3. The molecule has 2 aromatic rings. The lowest BCUT2D eigenvalue weighted by atomic mass is 9.72. The highest BCUT2D eigenvalue weighted by Gasteiger charge is 2.29. The van der Waals surface area contributed by atoms with Crippen LogP contribution < -0.4 is 9.47 Å². The fraction of sp³-hybridized carbons (Fsp3) is 0.536. The first-order chi connectivity index (χ1) is 14.4. The summed E-state index contributed by atoms with van der Waals surface area (Å²) in [7, 11) is 0. The van der Waals surface area contributed by atoms with Gasteiger partial charge in [-0.05, 0) is 81.3 Å². The molecule has 3 nitrogen and oxygen atoms in total. The fourth-order valence-electron chi connectivity index (χ4n) is 3.55. The molecule has 0 spiro atoms. The topological polar surface area (TPSA) is 35.5 Å². The SMILES string of the molecule is CCC(C)C(=O)Oc1ccc(C(C)(CCC(C)C)c2ccc(OC(C)(C)C)cc2)cc1. The molecule has 2 unspecified atom stereocenters. The second-order valence-corrected chi connectivity index (χ2v) is 10.3. The maximum absolute atomic E-state index is 12.1. The van der Waals surface area contributed by atoms with Crippen LogP contribution in [-0.4, -0.2) is 11.6 Å². The molecular weight excluding hydrogens is 384 g/mol. The molecule has 2 rings (SSSR count). The first-order valence-corrected chi connectivity index (χ1v) is 11.6. The minimum atomic E-state index is -0.217. The lowest BCUT2D eigenvalue weighted by Crippen LogP contribution is -2.25. The van der Waals surface area contributed by atoms with E-state index in [1.54, 1.807) is 0 Å². The summed E-state index contributed by atoms with van der Waals surface area (Å²) in [6.07, 6.45) is 2.94. The van der Waals surface area contributed by atoms with Gasteiger partial charge in [0.15, 0.2) is 0 Å². The zero-order valence-corrected chi connectivity index (χ0v) is 20.6. The normalized spacial score (nSPS) is 14.7. The van der Waals surface area contributed by atoms with E-state index in [9.17, 15) is 4.79 Å². The Bertz CT molecular complexity index is 828. The van der Waals surface area contributed by atoms with Crippen LogP contribution in [0.15, 0.2) is 48.5 Å². The van der Waals surface area contributed by atoms with Gasteiger partial charge in [0.25, 0.3) is 0 Å². The fourth-order valence-corrected chi connectivity index (χ4v) is 3.55. The maximum Gasteiger partial charge on any atom is 0.314 e. The van der Waals surface area contributed by atoms with E-state index in [1.807, 2.05) is 26.0 Å². The Morgan fingerprint density at radius 1 is 0.839 bits per heavy atom. The molecule has 2 aromatic carbocycles. The monoisotopic (exact) mass is 424 g/mol. The zero-order valence-electron chi connectivity index (χ0n) is 20.6. The van der Waals surface area contributed by atoms with Crippen LogP contribution >= 0.6 is 0 Å². The van der Waals surface area contributed by atoms with Gasteiger partial charge in [0, 0.05) is 5.41 Å². The van der Waals surface area contributed by atoms with E-state index in [0.717, 1.165) is 25.0 Å². The summed E-state index contributed by atoms with van der Waals surface area (Å²) in [5.74, 6) is 1.85. The van der Waals surface area contributed by atoms with Crippen molar-refractivity contribution in [3.8, 4) is 11.5 Å². The Hall–Kier alpha value is -2.29. The highest BCUT2D eigenvalue weighted by atomic mass is 16.5. The molecule has 0 saturated carbocycles. The summed E-state index contributed by atoms with van der Waals surface area (Å²) in [6.45, 7) is 16.9. The van der Waals surface area contributed by atoms with Gasteiger partial charge < -0.3 is 9.47 Å². The van der Waals surface area contributed by atoms with Crippen LogP contribution in [0, 0.1) is 11.8 Å². The van der Waals surface area contributed by atoms with Crippen molar-refractivity contribution >= 4 is 5.97 Å². The van der Waals surface area contributed by atoms with Crippen LogP contribution in [0.5, 0.6) is 11.5 Å². The molecule has 170 valence electrons. The third-order valence-corrected chi connectivity index (χ3v) is 5.86. The molecule has 2 atom stereocenters. The van der Waals surface area contributed by atoms with Crippen molar-refractivity contribution in [3.63, 3.8) is 0 Å². The predicted octanol–water partition coefficient (Wildman–Crippen LogP) is 7.56. The number of benzene rings is 2. The molecule has 0 amide bonds. The lowest BCUT2D eigenvalue weighted by molar-refractivity contribution is -0.138. The summed E-state index contributed by atoms with van der Waals surface area (Å²) >= 11 is 0. The van der Waals surface area contributed by atoms with Crippen LogP contribution in [0.25, 0.3) is 0 Å². The quantitative estimate of drug-likeness (QED) is 0.308. The van der Waals surface area contributed by atoms with E-state index in [0.29, 0.717) is 11.7 Å². The van der Waals surface area contributed by atoms with Crippen LogP contribution in [0.4, 0.5) is 0 Å². The van der Waals surface area contributed by atoms with E-state index >= 15 is 0 Å². The largest absolute Gasteiger partial charge is 0.488 e. The van der Waals surface area contributed by atoms with Crippen LogP contribution in [0.3, 0.4) is 0 Å². The average molecular weight is 425 g/mol. The van der Waals surface area contributed by atoms with Gasteiger partial charge in [-0.3, -0.25) is 4.79 Å². The maximum atomic E-state index is 12.1. The van der Waals surface area contributed by atoms with Gasteiger partial charge in [-0.25, -0.2) is 0 Å². The van der Waals surface area contributed by atoms with Crippen LogP contribution in [0.1, 0.15) is 85.8 Å². The summed E-state index contributed by atoms with van der Waals surface area (Å²) < 4.78 is 11.6. The van der Waals surface area contributed by atoms with Crippen LogP contribution in [0.2, 0.25) is 0 Å². The highest BCUT2D eigenvalue weighted by molar-refractivity contribution is 5.74. The number of rotatable bonds is 9. The molecule has 31 heavy (non-hydrogen) atoms. The molecule has 0 aliphatic carbocycles. The minimum Gasteiger partial charge on any atom is -0.488 e. The van der Waals surface area contributed by atoms with Gasteiger partial charge in [-0.2, -0.15) is 0 Å². The predicted molar refractivity (Wildman–Crippen MR) is 129 cm³/mol. The standard InChI is InChI=1S/C28H40O3/c1-9-21(4)26(29)30-24-14-10-22(11-15-24)28(8,19-18-20(2)3)23-12-16-25(17-13-23)31-27(5,6)7/h10-17,20-21H,9,18-19H2,1-8H3. The summed E-state index contributed by atoms with van der Waals surface area (Å²) in [5.41, 5.74) is 2.13. The van der Waals surface area contributed by atoms with E-state index in [-0.39, 0.29) is 22.9 Å². The number of hydrogen-bond acceptors (Lipinski definition) is 3. The molecule has 0 aromatic heterocycles. The van der Waals surface area contributed by atoms with E-state index < -0.39 is 0 Å². The molecule has 0 bridgehead atoms. The molecule has 0 aliphatic rings. The van der Waals surface area contributed by atoms with Crippen molar-refractivity contribution in [2.75, 3.05) is 0 Å². The first-order valence-electron chi connectivity index (χ1n) is 11.6. The highest BCUT2D eigenvalue weighted by Crippen LogP contribution is 2.39. The number of ether oxygens (including phenoxy) is 2. The number of carbonyl (C=O) groups is 1. The van der Waals surface area contributed by atoms with Crippen molar-refractivity contribution in [2.24, 2.45) is 11.8 Å². The van der Waals surface area contributed by atoms with Crippen molar-refractivity contribution in [2.45, 2.75) is 85.7 Å². The average Bonchev–Trinajstić information content (AvgIpc) is 2.71. The third kappa shape index (κ3) is 7.12. The Labute approximate surface area is 189 Å². The Kier molecular flexibility index (Phi) is 8.34. The number of carbonyl (C=O) groups excluding carboxylic acids is 1. The molecular formula is C28H40O3. The van der Waals surface area contributed by atoms with Gasteiger partial charge in [-0.1, -0.05) is 58.9 Å². The zero-order chi connectivity index (χ0) is 23.2. The van der Waals surface area contributed by atoms with Gasteiger partial charge in [-0.15, -0.1) is 0 Å². The van der Waals surface area contributed by atoms with Crippen molar-refractivity contribution < 1.29 is 14.3 Å². The van der Waals surface area contributed by atoms with E-state index in [1.165, 1.54) is 11.1 Å². The lowest BCUT2D eigenvalue weighted by Gasteiger charge is -2.32. The summed E-state index contributed by atoms with van der Waals surface area (Å²) in [4.78, 5) is 12.1. The number of esters is 1. The Morgan fingerprint density at radius 3 is 1.74 bits per heavy atom. The molecule has 3 heteroatoms. The van der Waals surface area contributed by atoms with Crippen molar-refractivity contribution in [1.29, 1.82) is 0 Å². The molecule has 0 fully saturated rings. The van der Waals surface area contributed by atoms with Gasteiger partial charge in [0.1, 0.15) is 17.1 Å². The Morgan fingerprint density at radius 2 is 1.32 bits per heavy atom. The van der Waals surface area contributed by atoms with Gasteiger partial charge in [0.2, 0.25) is 0 Å². The molecule has 0 aliphatic heterocycles. The third-order valence-electron chi connectivity index (χ3n) is 5.86. The van der Waals surface area contributed by atoms with Crippen molar-refractivity contribution in [1.82, 2.24) is 0 Å². The smallest absolute Gasteiger partial charge is 0.314 e. The van der Waals surface area contributed by atoms with Gasteiger partial charge >= 0.3 is 5.97 Å². The molecule has 0 N–H and O–H groups in total. The second kappa shape index (κ2) is 10.3. The summed E-state index contributed by atoms with van der Waals surface area (Å²) in [5, 5.41) is 0. The van der Waals surface area contributed by atoms with Crippen molar-refractivity contribution in [3.05, 3.63) is 59.7 Å². The van der Waals surface area contributed by atoms with Gasteiger partial charge in [0.05, 0.1) is 5.92 Å². The molecule has 0 heterocycles. The Balaban J connectivity index is 2.31. The summed E-state index contributed by atoms with van der Waals surface area (Å²) in [6, 6.07) is 16.5.